The first-order valence-electron chi connectivity index (χ1n) is 7.52. The van der Waals surface area contributed by atoms with Crippen LogP contribution in [0.15, 0.2) is 30.7 Å². The van der Waals surface area contributed by atoms with Crippen molar-refractivity contribution in [2.75, 3.05) is 0 Å². The lowest BCUT2D eigenvalue weighted by Crippen LogP contribution is -2.15. The fourth-order valence-corrected chi connectivity index (χ4v) is 2.53. The molecule has 1 atom stereocenters. The van der Waals surface area contributed by atoms with E-state index in [1.165, 1.54) is 23.0 Å². The Hall–Kier alpha value is -2.14. The van der Waals surface area contributed by atoms with Crippen LogP contribution in [-0.2, 0) is 13.0 Å². The highest BCUT2D eigenvalue weighted by Crippen LogP contribution is 2.16. The van der Waals surface area contributed by atoms with Crippen LogP contribution in [0.2, 0.25) is 0 Å². The van der Waals surface area contributed by atoms with E-state index in [1.807, 2.05) is 0 Å². The van der Waals surface area contributed by atoms with Crippen molar-refractivity contribution in [2.24, 2.45) is 5.73 Å². The number of aryl methyl sites for hydroxylation is 2. The van der Waals surface area contributed by atoms with Gasteiger partial charge < -0.3 is 15.4 Å². The average Bonchev–Trinajstić information content (AvgIpc) is 2.92. The minimum absolute atomic E-state index is 0.225. The third kappa shape index (κ3) is 4.18. The quantitative estimate of drug-likeness (QED) is 0.820. The van der Waals surface area contributed by atoms with E-state index in [0.717, 1.165) is 12.8 Å². The smallest absolute Gasteiger partial charge is 0.268 e. The van der Waals surface area contributed by atoms with Gasteiger partial charge in [-0.1, -0.05) is 18.2 Å². The van der Waals surface area contributed by atoms with Crippen LogP contribution in [0.5, 0.6) is 0 Å². The molecule has 0 aliphatic carbocycles. The number of imidazole rings is 1. The van der Waals surface area contributed by atoms with Gasteiger partial charge in [0.25, 0.3) is 5.91 Å². The Labute approximate surface area is 130 Å². The van der Waals surface area contributed by atoms with Crippen LogP contribution in [0.25, 0.3) is 0 Å². The number of rotatable bonds is 7. The number of primary amides is 1. The fourth-order valence-electron chi connectivity index (χ4n) is 2.53. The van der Waals surface area contributed by atoms with E-state index < -0.39 is 12.0 Å². The van der Waals surface area contributed by atoms with Gasteiger partial charge in [0.1, 0.15) is 5.69 Å². The molecule has 1 amide bonds. The minimum atomic E-state index is -0.553. The zero-order chi connectivity index (χ0) is 16.1. The lowest BCUT2D eigenvalue weighted by molar-refractivity contribution is 0.0995. The number of aliphatic hydroxyl groups excluding tert-OH is 1. The molecule has 22 heavy (non-hydrogen) atoms. The molecule has 0 radical (unpaired) electrons. The summed E-state index contributed by atoms with van der Waals surface area (Å²) in [5.74, 6) is -0.553. The number of benzene rings is 1. The monoisotopic (exact) mass is 301 g/mol. The molecular weight excluding hydrogens is 278 g/mol. The molecule has 1 aromatic heterocycles. The molecule has 118 valence electrons. The molecule has 5 heteroatoms. The summed E-state index contributed by atoms with van der Waals surface area (Å²) in [5.41, 5.74) is 9.35. The highest BCUT2D eigenvalue weighted by molar-refractivity contribution is 5.90. The Kier molecular flexibility index (Phi) is 5.33. The first-order chi connectivity index (χ1) is 10.5. The Balaban J connectivity index is 1.81. The Morgan fingerprint density at radius 1 is 1.41 bits per heavy atom. The molecule has 1 heterocycles. The van der Waals surface area contributed by atoms with Gasteiger partial charge in [0, 0.05) is 12.7 Å². The molecule has 0 aliphatic heterocycles. The molecule has 0 saturated heterocycles. The molecule has 0 spiro atoms. The second-order valence-corrected chi connectivity index (χ2v) is 5.73. The van der Waals surface area contributed by atoms with Crippen LogP contribution in [0, 0.1) is 13.8 Å². The summed E-state index contributed by atoms with van der Waals surface area (Å²) in [6.07, 6.45) is 5.21. The molecule has 0 fully saturated rings. The van der Waals surface area contributed by atoms with Crippen LogP contribution >= 0.6 is 0 Å². The third-order valence-corrected chi connectivity index (χ3v) is 4.01. The Morgan fingerprint density at radius 2 is 2.18 bits per heavy atom. The van der Waals surface area contributed by atoms with E-state index in [-0.39, 0.29) is 5.69 Å². The molecular formula is C17H23N3O2. The first-order valence-corrected chi connectivity index (χ1v) is 7.52. The van der Waals surface area contributed by atoms with Crippen LogP contribution in [0.4, 0.5) is 0 Å². The Morgan fingerprint density at radius 3 is 2.86 bits per heavy atom. The number of aromatic nitrogens is 2. The number of aliphatic hydroxyl groups is 1. The molecule has 0 bridgehead atoms. The van der Waals surface area contributed by atoms with E-state index >= 15 is 0 Å². The predicted octanol–water partition coefficient (Wildman–Crippen LogP) is 1.98. The maximum Gasteiger partial charge on any atom is 0.268 e. The summed E-state index contributed by atoms with van der Waals surface area (Å²) in [6, 6.07) is 6.33. The van der Waals surface area contributed by atoms with Gasteiger partial charge in [0.15, 0.2) is 0 Å². The molecule has 2 aromatic rings. The molecule has 1 unspecified atom stereocenters. The maximum atomic E-state index is 11.0. The molecule has 1 aromatic carbocycles. The van der Waals surface area contributed by atoms with E-state index in [1.54, 1.807) is 10.8 Å². The zero-order valence-electron chi connectivity index (χ0n) is 13.1. The summed E-state index contributed by atoms with van der Waals surface area (Å²) in [7, 11) is 0. The molecule has 5 nitrogen and oxygen atoms in total. The minimum Gasteiger partial charge on any atom is -0.391 e. The van der Waals surface area contributed by atoms with E-state index in [0.29, 0.717) is 13.0 Å². The predicted molar refractivity (Wildman–Crippen MR) is 85.6 cm³/mol. The SMILES string of the molecule is Cc1cccc(CCCC(O)Cn2cnc(C(N)=O)c2)c1C. The molecule has 3 N–H and O–H groups in total. The van der Waals surface area contributed by atoms with E-state index in [2.05, 4.69) is 37.0 Å². The van der Waals surface area contributed by atoms with Crippen molar-refractivity contribution in [3.05, 3.63) is 53.1 Å². The zero-order valence-corrected chi connectivity index (χ0v) is 13.1. The average molecular weight is 301 g/mol. The lowest BCUT2D eigenvalue weighted by Gasteiger charge is -2.12. The maximum absolute atomic E-state index is 11.0. The van der Waals surface area contributed by atoms with Crippen molar-refractivity contribution in [3.8, 4) is 0 Å². The summed E-state index contributed by atoms with van der Waals surface area (Å²) >= 11 is 0. The largest absolute Gasteiger partial charge is 0.391 e. The second kappa shape index (κ2) is 7.22. The van der Waals surface area contributed by atoms with Gasteiger partial charge in [-0.05, 0) is 49.8 Å². The van der Waals surface area contributed by atoms with Gasteiger partial charge in [0.05, 0.1) is 12.4 Å². The number of amides is 1. The van der Waals surface area contributed by atoms with Gasteiger partial charge in [-0.15, -0.1) is 0 Å². The number of nitrogens with two attached hydrogens (primary N) is 1. The number of hydrogen-bond acceptors (Lipinski definition) is 3. The fraction of sp³-hybridized carbons (Fsp3) is 0.412. The van der Waals surface area contributed by atoms with Gasteiger partial charge in [-0.25, -0.2) is 4.98 Å². The van der Waals surface area contributed by atoms with Crippen molar-refractivity contribution < 1.29 is 9.90 Å². The number of carbonyl (C=O) groups excluding carboxylic acids is 1. The number of carbonyl (C=O) groups is 1. The number of hydrogen-bond donors (Lipinski definition) is 2. The van der Waals surface area contributed by atoms with Crippen LogP contribution in [-0.4, -0.2) is 26.7 Å². The van der Waals surface area contributed by atoms with Gasteiger partial charge in [-0.3, -0.25) is 4.79 Å². The third-order valence-electron chi connectivity index (χ3n) is 4.01. The van der Waals surface area contributed by atoms with Crippen LogP contribution in [0.1, 0.15) is 40.0 Å². The van der Waals surface area contributed by atoms with Crippen molar-refractivity contribution >= 4 is 5.91 Å². The van der Waals surface area contributed by atoms with E-state index in [4.69, 9.17) is 5.73 Å². The Bertz CT molecular complexity index is 649. The molecule has 2 rings (SSSR count). The van der Waals surface area contributed by atoms with Gasteiger partial charge in [-0.2, -0.15) is 0 Å². The highest BCUT2D eigenvalue weighted by Gasteiger charge is 2.09. The van der Waals surface area contributed by atoms with Crippen molar-refractivity contribution in [1.29, 1.82) is 0 Å². The lowest BCUT2D eigenvalue weighted by atomic mass is 9.98. The molecule has 0 saturated carbocycles. The normalized spacial score (nSPS) is 12.3. The topological polar surface area (TPSA) is 81.1 Å². The van der Waals surface area contributed by atoms with Crippen LogP contribution < -0.4 is 5.73 Å². The summed E-state index contributed by atoms with van der Waals surface area (Å²) in [4.78, 5) is 14.9. The number of nitrogens with zero attached hydrogens (tertiary/aromatic N) is 2. The molecule has 0 aliphatic rings. The summed E-state index contributed by atoms with van der Waals surface area (Å²) in [5, 5.41) is 10.1. The van der Waals surface area contributed by atoms with Crippen molar-refractivity contribution in [3.63, 3.8) is 0 Å². The van der Waals surface area contributed by atoms with Gasteiger partial charge in [0.2, 0.25) is 0 Å². The summed E-state index contributed by atoms with van der Waals surface area (Å²) in [6.45, 7) is 4.67. The van der Waals surface area contributed by atoms with E-state index in [9.17, 15) is 9.90 Å². The van der Waals surface area contributed by atoms with Crippen molar-refractivity contribution in [1.82, 2.24) is 9.55 Å². The first kappa shape index (κ1) is 16.2. The van der Waals surface area contributed by atoms with Gasteiger partial charge >= 0.3 is 0 Å². The summed E-state index contributed by atoms with van der Waals surface area (Å²) < 4.78 is 1.70. The standard InChI is InChI=1S/C17H23N3O2/c1-12-5-3-6-14(13(12)2)7-4-8-15(21)9-20-10-16(17(18)22)19-11-20/h3,5-6,10-11,15,21H,4,7-9H2,1-2H3,(H2,18,22). The van der Waals surface area contributed by atoms with Crippen LogP contribution in [0.3, 0.4) is 0 Å². The highest BCUT2D eigenvalue weighted by atomic mass is 16.3. The van der Waals surface area contributed by atoms with Crippen molar-refractivity contribution in [2.45, 2.75) is 45.8 Å². The second-order valence-electron chi connectivity index (χ2n) is 5.73.